The number of hydrogen-bond donors (Lipinski definition) is 1. The van der Waals surface area contributed by atoms with Gasteiger partial charge in [-0.1, -0.05) is 27.4 Å². The largest absolute Gasteiger partial charge is 0.389 e. The van der Waals surface area contributed by atoms with Crippen LogP contribution in [0.1, 0.15) is 40.0 Å². The number of fused-ring (bicyclic) bond motifs is 1. The minimum atomic E-state index is -0.210. The van der Waals surface area contributed by atoms with Gasteiger partial charge in [-0.05, 0) is 53.4 Å². The summed E-state index contributed by atoms with van der Waals surface area (Å²) in [6.07, 6.45) is 3.44. The molecule has 0 radical (unpaired) electrons. The van der Waals surface area contributed by atoms with E-state index in [0.717, 1.165) is 23.8 Å². The van der Waals surface area contributed by atoms with Crippen molar-refractivity contribution in [3.63, 3.8) is 0 Å². The topological polar surface area (TPSA) is 20.2 Å². The van der Waals surface area contributed by atoms with Crippen LogP contribution in [0.5, 0.6) is 0 Å². The molecular formula is C14H22O. The van der Waals surface area contributed by atoms with E-state index in [9.17, 15) is 5.11 Å². The maximum Gasteiger partial charge on any atom is 0.0753 e. The Hall–Kier alpha value is -0.300. The lowest BCUT2D eigenvalue weighted by Gasteiger charge is -2.73. The molecule has 0 amide bonds. The molecule has 1 nitrogen and oxygen atoms in total. The molecular weight excluding hydrogens is 184 g/mol. The monoisotopic (exact) mass is 206 g/mol. The molecule has 0 aromatic carbocycles. The lowest BCUT2D eigenvalue weighted by Crippen LogP contribution is -2.68. The van der Waals surface area contributed by atoms with Gasteiger partial charge in [0, 0.05) is 0 Å². The van der Waals surface area contributed by atoms with E-state index in [2.05, 4.69) is 27.4 Å². The molecule has 3 aliphatic carbocycles. The van der Waals surface area contributed by atoms with Crippen molar-refractivity contribution in [3.05, 3.63) is 12.2 Å². The highest BCUT2D eigenvalue weighted by molar-refractivity contribution is 5.30. The zero-order valence-corrected chi connectivity index (χ0v) is 10.1. The second-order valence-electron chi connectivity index (χ2n) is 6.93. The van der Waals surface area contributed by atoms with Gasteiger partial charge in [0.25, 0.3) is 0 Å². The zero-order valence-electron chi connectivity index (χ0n) is 10.1. The normalized spacial score (nSPS) is 56.1. The third-order valence-corrected chi connectivity index (χ3v) is 5.87. The number of hydrogen-bond acceptors (Lipinski definition) is 1. The summed E-state index contributed by atoms with van der Waals surface area (Å²) in [4.78, 5) is 0. The van der Waals surface area contributed by atoms with E-state index in [1.807, 2.05) is 0 Å². The summed E-state index contributed by atoms with van der Waals surface area (Å²) in [7, 11) is 0. The quantitative estimate of drug-likeness (QED) is 0.604. The standard InChI is InChI=1S/C14H22O/c1-8-10(15)7-9-12-11(8)14(9,4)6-5-13(12,2)3/h9-12,15H,1,5-7H2,2-4H3/t9?,10-,11?,12?,14?/m0/s1. The maximum absolute atomic E-state index is 9.92. The Bertz CT molecular complexity index is 330. The Kier molecular flexibility index (Phi) is 1.65. The Labute approximate surface area is 92.6 Å². The Morgan fingerprint density at radius 1 is 1.27 bits per heavy atom. The first-order valence-electron chi connectivity index (χ1n) is 6.25. The Morgan fingerprint density at radius 2 is 1.93 bits per heavy atom. The summed E-state index contributed by atoms with van der Waals surface area (Å²) in [5.74, 6) is 2.16. The number of aliphatic hydroxyl groups excluding tert-OH is 1. The van der Waals surface area contributed by atoms with Crippen molar-refractivity contribution in [3.8, 4) is 0 Å². The van der Waals surface area contributed by atoms with Crippen molar-refractivity contribution in [2.75, 3.05) is 0 Å². The van der Waals surface area contributed by atoms with Crippen LogP contribution in [0.15, 0.2) is 12.2 Å². The third-order valence-electron chi connectivity index (χ3n) is 5.87. The first-order chi connectivity index (χ1) is 6.88. The second kappa shape index (κ2) is 2.51. The summed E-state index contributed by atoms with van der Waals surface area (Å²) < 4.78 is 0. The molecule has 3 aliphatic rings. The highest BCUT2D eigenvalue weighted by Gasteiger charge is 2.69. The molecule has 15 heavy (non-hydrogen) atoms. The Morgan fingerprint density at radius 3 is 2.53 bits per heavy atom. The fourth-order valence-corrected chi connectivity index (χ4v) is 4.93. The molecule has 0 aliphatic heterocycles. The van der Waals surface area contributed by atoms with E-state index in [0.29, 0.717) is 16.7 Å². The number of rotatable bonds is 0. The van der Waals surface area contributed by atoms with Crippen LogP contribution < -0.4 is 0 Å². The van der Waals surface area contributed by atoms with E-state index in [1.54, 1.807) is 0 Å². The van der Waals surface area contributed by atoms with E-state index in [-0.39, 0.29) is 6.10 Å². The molecule has 3 saturated carbocycles. The second-order valence-corrected chi connectivity index (χ2v) is 6.93. The summed E-state index contributed by atoms with van der Waals surface area (Å²) in [5, 5.41) is 9.92. The predicted octanol–water partition coefficient (Wildman–Crippen LogP) is 3.00. The lowest BCUT2D eigenvalue weighted by molar-refractivity contribution is -0.229. The van der Waals surface area contributed by atoms with Crippen LogP contribution >= 0.6 is 0 Å². The van der Waals surface area contributed by atoms with Crippen LogP contribution in [-0.2, 0) is 0 Å². The van der Waals surface area contributed by atoms with E-state index < -0.39 is 0 Å². The average molecular weight is 206 g/mol. The van der Waals surface area contributed by atoms with E-state index in [1.165, 1.54) is 12.8 Å². The van der Waals surface area contributed by atoms with Crippen molar-refractivity contribution < 1.29 is 5.11 Å². The van der Waals surface area contributed by atoms with Crippen molar-refractivity contribution in [1.29, 1.82) is 0 Å². The van der Waals surface area contributed by atoms with E-state index in [4.69, 9.17) is 0 Å². The van der Waals surface area contributed by atoms with Gasteiger partial charge in [0.1, 0.15) is 0 Å². The van der Waals surface area contributed by atoms with Crippen LogP contribution in [0.25, 0.3) is 0 Å². The SMILES string of the molecule is C=C1C2C3C(C[C@@H]1O)C2(C)CCC3(C)C. The van der Waals surface area contributed by atoms with Gasteiger partial charge < -0.3 is 5.11 Å². The fourth-order valence-electron chi connectivity index (χ4n) is 4.93. The highest BCUT2D eigenvalue weighted by Crippen LogP contribution is 2.74. The van der Waals surface area contributed by atoms with Gasteiger partial charge in [0.15, 0.2) is 0 Å². The van der Waals surface area contributed by atoms with Gasteiger partial charge in [0.2, 0.25) is 0 Å². The van der Waals surface area contributed by atoms with Gasteiger partial charge in [-0.15, -0.1) is 0 Å². The summed E-state index contributed by atoms with van der Waals surface area (Å²) in [6, 6.07) is 0. The first-order valence-corrected chi connectivity index (χ1v) is 6.25. The van der Waals surface area contributed by atoms with Gasteiger partial charge in [-0.25, -0.2) is 0 Å². The molecule has 3 fully saturated rings. The van der Waals surface area contributed by atoms with Crippen LogP contribution in [0.4, 0.5) is 0 Å². The van der Waals surface area contributed by atoms with Crippen molar-refractivity contribution in [2.45, 2.75) is 46.1 Å². The summed E-state index contributed by atoms with van der Waals surface area (Å²) in [6.45, 7) is 11.4. The molecule has 0 aromatic rings. The van der Waals surface area contributed by atoms with Crippen LogP contribution in [0.3, 0.4) is 0 Å². The zero-order chi connectivity index (χ0) is 11.0. The molecule has 1 N–H and O–H groups in total. The molecule has 0 aromatic heterocycles. The lowest BCUT2D eigenvalue weighted by atomic mass is 9.31. The molecule has 4 unspecified atom stereocenters. The number of aliphatic hydroxyl groups is 1. The van der Waals surface area contributed by atoms with Crippen LogP contribution in [0.2, 0.25) is 0 Å². The van der Waals surface area contributed by atoms with Gasteiger partial charge in [-0.2, -0.15) is 0 Å². The van der Waals surface area contributed by atoms with Crippen molar-refractivity contribution >= 4 is 0 Å². The minimum absolute atomic E-state index is 0.210. The molecule has 0 spiro atoms. The van der Waals surface area contributed by atoms with Gasteiger partial charge >= 0.3 is 0 Å². The van der Waals surface area contributed by atoms with Crippen LogP contribution in [0, 0.1) is 28.6 Å². The summed E-state index contributed by atoms with van der Waals surface area (Å²) in [5.41, 5.74) is 2.09. The maximum atomic E-state index is 9.92. The van der Waals surface area contributed by atoms with Gasteiger partial charge in [-0.3, -0.25) is 0 Å². The van der Waals surface area contributed by atoms with E-state index >= 15 is 0 Å². The van der Waals surface area contributed by atoms with Crippen LogP contribution in [-0.4, -0.2) is 11.2 Å². The smallest absolute Gasteiger partial charge is 0.0753 e. The molecule has 84 valence electrons. The molecule has 1 heteroatoms. The predicted molar refractivity (Wildman–Crippen MR) is 61.4 cm³/mol. The molecule has 5 atom stereocenters. The molecule has 0 heterocycles. The molecule has 3 rings (SSSR count). The van der Waals surface area contributed by atoms with Crippen molar-refractivity contribution in [2.24, 2.45) is 28.6 Å². The third kappa shape index (κ3) is 0.939. The highest BCUT2D eigenvalue weighted by atomic mass is 16.3. The average Bonchev–Trinajstić information content (AvgIpc) is 2.14. The molecule has 4 bridgehead atoms. The molecule has 0 saturated heterocycles. The Balaban J connectivity index is 2.01. The minimum Gasteiger partial charge on any atom is -0.389 e. The van der Waals surface area contributed by atoms with Gasteiger partial charge in [0.05, 0.1) is 6.10 Å². The fraction of sp³-hybridized carbons (Fsp3) is 0.857. The van der Waals surface area contributed by atoms with Crippen molar-refractivity contribution in [1.82, 2.24) is 0 Å². The first kappa shape index (κ1) is 9.89. The summed E-state index contributed by atoms with van der Waals surface area (Å²) >= 11 is 0.